The monoisotopic (exact) mass is 272 g/mol. The van der Waals surface area contributed by atoms with Crippen LogP contribution in [-0.2, 0) is 4.79 Å². The highest BCUT2D eigenvalue weighted by atomic mass is 16.2. The molecule has 3 rings (SSSR count). The van der Waals surface area contributed by atoms with Crippen molar-refractivity contribution in [3.63, 3.8) is 0 Å². The second-order valence-corrected chi connectivity index (χ2v) is 6.18. The van der Waals surface area contributed by atoms with Crippen molar-refractivity contribution in [1.29, 1.82) is 0 Å². The molecule has 1 aromatic rings. The number of carbonyl (C=O) groups excluding carboxylic acids is 1. The SMILES string of the molecule is CCC1C2CNCC2CN1C(=O)C(C)c1ccccc1. The van der Waals surface area contributed by atoms with Crippen LogP contribution in [0.1, 0.15) is 31.7 Å². The van der Waals surface area contributed by atoms with Gasteiger partial charge in [-0.05, 0) is 30.7 Å². The minimum Gasteiger partial charge on any atom is -0.339 e. The zero-order chi connectivity index (χ0) is 14.1. The predicted octanol–water partition coefficient (Wildman–Crippen LogP) is 2.25. The summed E-state index contributed by atoms with van der Waals surface area (Å²) >= 11 is 0. The second kappa shape index (κ2) is 5.57. The molecule has 1 N–H and O–H groups in total. The molecule has 2 aliphatic rings. The summed E-state index contributed by atoms with van der Waals surface area (Å²) < 4.78 is 0. The second-order valence-electron chi connectivity index (χ2n) is 6.18. The molecule has 0 radical (unpaired) electrons. The number of carbonyl (C=O) groups is 1. The van der Waals surface area contributed by atoms with Gasteiger partial charge >= 0.3 is 0 Å². The zero-order valence-electron chi connectivity index (χ0n) is 12.4. The number of nitrogens with one attached hydrogen (secondary N) is 1. The highest BCUT2D eigenvalue weighted by molar-refractivity contribution is 5.84. The topological polar surface area (TPSA) is 32.3 Å². The standard InChI is InChI=1S/C17H24N2O/c1-3-16-15-10-18-9-14(15)11-19(16)17(20)12(2)13-7-5-4-6-8-13/h4-8,12,14-16,18H,3,9-11H2,1-2H3. The van der Waals surface area contributed by atoms with E-state index in [1.165, 1.54) is 0 Å². The molecule has 2 saturated heterocycles. The van der Waals surface area contributed by atoms with Crippen LogP contribution < -0.4 is 5.32 Å². The van der Waals surface area contributed by atoms with E-state index in [0.29, 0.717) is 23.8 Å². The van der Waals surface area contributed by atoms with E-state index < -0.39 is 0 Å². The maximum Gasteiger partial charge on any atom is 0.230 e. The lowest BCUT2D eigenvalue weighted by molar-refractivity contribution is -0.133. The van der Waals surface area contributed by atoms with Gasteiger partial charge in [0.05, 0.1) is 5.92 Å². The minimum atomic E-state index is -0.0305. The molecule has 4 atom stereocenters. The van der Waals surface area contributed by atoms with Crippen molar-refractivity contribution in [1.82, 2.24) is 10.2 Å². The molecule has 4 unspecified atom stereocenters. The molecule has 1 amide bonds. The van der Waals surface area contributed by atoms with E-state index in [9.17, 15) is 4.79 Å². The molecule has 2 aliphatic heterocycles. The first-order valence-corrected chi connectivity index (χ1v) is 7.78. The average Bonchev–Trinajstić information content (AvgIpc) is 3.06. The van der Waals surface area contributed by atoms with E-state index in [4.69, 9.17) is 0 Å². The van der Waals surface area contributed by atoms with Gasteiger partial charge in [-0.15, -0.1) is 0 Å². The maximum atomic E-state index is 12.9. The Kier molecular flexibility index (Phi) is 3.79. The van der Waals surface area contributed by atoms with Crippen molar-refractivity contribution in [2.75, 3.05) is 19.6 Å². The molecule has 3 nitrogen and oxygen atoms in total. The molecule has 0 aliphatic carbocycles. The number of nitrogens with zero attached hydrogens (tertiary/aromatic N) is 1. The zero-order valence-corrected chi connectivity index (χ0v) is 12.4. The summed E-state index contributed by atoms with van der Waals surface area (Å²) in [6.45, 7) is 7.33. The van der Waals surface area contributed by atoms with Gasteiger partial charge in [0, 0.05) is 25.7 Å². The van der Waals surface area contributed by atoms with Crippen molar-refractivity contribution in [3.05, 3.63) is 35.9 Å². The quantitative estimate of drug-likeness (QED) is 0.915. The first-order chi connectivity index (χ1) is 9.72. The molecule has 0 spiro atoms. The van der Waals surface area contributed by atoms with E-state index >= 15 is 0 Å². The summed E-state index contributed by atoms with van der Waals surface area (Å²) in [6.07, 6.45) is 1.07. The lowest BCUT2D eigenvalue weighted by atomic mass is 9.92. The Bertz CT molecular complexity index is 473. The summed E-state index contributed by atoms with van der Waals surface area (Å²) in [5.74, 6) is 1.59. The molecule has 0 bridgehead atoms. The number of benzene rings is 1. The van der Waals surface area contributed by atoms with Crippen molar-refractivity contribution in [2.45, 2.75) is 32.2 Å². The number of amides is 1. The largest absolute Gasteiger partial charge is 0.339 e. The van der Waals surface area contributed by atoms with Crippen LogP contribution in [-0.4, -0.2) is 36.5 Å². The van der Waals surface area contributed by atoms with Gasteiger partial charge in [-0.25, -0.2) is 0 Å². The van der Waals surface area contributed by atoms with Gasteiger partial charge in [-0.2, -0.15) is 0 Å². The number of hydrogen-bond acceptors (Lipinski definition) is 2. The van der Waals surface area contributed by atoms with Crippen LogP contribution in [0.25, 0.3) is 0 Å². The van der Waals surface area contributed by atoms with Gasteiger partial charge in [0.1, 0.15) is 0 Å². The predicted molar refractivity (Wildman–Crippen MR) is 80.5 cm³/mol. The fourth-order valence-corrected chi connectivity index (χ4v) is 3.93. The van der Waals surface area contributed by atoms with Crippen LogP contribution in [0.5, 0.6) is 0 Å². The van der Waals surface area contributed by atoms with Crippen molar-refractivity contribution in [3.8, 4) is 0 Å². The van der Waals surface area contributed by atoms with Crippen LogP contribution in [0.15, 0.2) is 30.3 Å². The highest BCUT2D eigenvalue weighted by Crippen LogP contribution is 2.36. The molecular formula is C17H24N2O. The first kappa shape index (κ1) is 13.6. The first-order valence-electron chi connectivity index (χ1n) is 7.78. The Balaban J connectivity index is 1.77. The summed E-state index contributed by atoms with van der Waals surface area (Å²) in [4.78, 5) is 15.0. The Morgan fingerprint density at radius 1 is 1.35 bits per heavy atom. The molecule has 2 fully saturated rings. The Morgan fingerprint density at radius 2 is 2.10 bits per heavy atom. The number of likely N-dealkylation sites (tertiary alicyclic amines) is 1. The third-order valence-corrected chi connectivity index (χ3v) is 5.09. The molecule has 3 heteroatoms. The van der Waals surface area contributed by atoms with Crippen molar-refractivity contribution in [2.24, 2.45) is 11.8 Å². The number of fused-ring (bicyclic) bond motifs is 1. The third kappa shape index (κ3) is 2.24. The van der Waals surface area contributed by atoms with Crippen LogP contribution in [0.2, 0.25) is 0 Å². The van der Waals surface area contributed by atoms with Crippen LogP contribution in [0.4, 0.5) is 0 Å². The molecular weight excluding hydrogens is 248 g/mol. The van der Waals surface area contributed by atoms with E-state index in [1.54, 1.807) is 0 Å². The van der Waals surface area contributed by atoms with Gasteiger partial charge in [0.25, 0.3) is 0 Å². The normalized spacial score (nSPS) is 30.3. The summed E-state index contributed by atoms with van der Waals surface area (Å²) in [6, 6.07) is 10.6. The maximum absolute atomic E-state index is 12.9. The lowest BCUT2D eigenvalue weighted by Gasteiger charge is -2.29. The van der Waals surface area contributed by atoms with Crippen molar-refractivity contribution < 1.29 is 4.79 Å². The summed E-state index contributed by atoms with van der Waals surface area (Å²) in [5.41, 5.74) is 1.13. The Labute approximate surface area is 121 Å². The number of rotatable bonds is 3. The van der Waals surface area contributed by atoms with E-state index in [-0.39, 0.29) is 5.92 Å². The van der Waals surface area contributed by atoms with E-state index in [0.717, 1.165) is 31.6 Å². The molecule has 0 saturated carbocycles. The van der Waals surface area contributed by atoms with E-state index in [1.807, 2.05) is 25.1 Å². The molecule has 1 aromatic carbocycles. The van der Waals surface area contributed by atoms with Gasteiger partial charge in [-0.3, -0.25) is 4.79 Å². The smallest absolute Gasteiger partial charge is 0.230 e. The third-order valence-electron chi connectivity index (χ3n) is 5.09. The highest BCUT2D eigenvalue weighted by Gasteiger charge is 2.45. The minimum absolute atomic E-state index is 0.0305. The number of hydrogen-bond donors (Lipinski definition) is 1. The van der Waals surface area contributed by atoms with Gasteiger partial charge in [0.15, 0.2) is 0 Å². The molecule has 108 valence electrons. The fraction of sp³-hybridized carbons (Fsp3) is 0.588. The van der Waals surface area contributed by atoms with E-state index in [2.05, 4.69) is 29.3 Å². The Morgan fingerprint density at radius 3 is 2.80 bits per heavy atom. The molecule has 20 heavy (non-hydrogen) atoms. The fourth-order valence-electron chi connectivity index (χ4n) is 3.93. The lowest BCUT2D eigenvalue weighted by Crippen LogP contribution is -2.41. The van der Waals surface area contributed by atoms with Gasteiger partial charge in [-0.1, -0.05) is 37.3 Å². The average molecular weight is 272 g/mol. The molecule has 2 heterocycles. The van der Waals surface area contributed by atoms with Crippen molar-refractivity contribution >= 4 is 5.91 Å². The van der Waals surface area contributed by atoms with Crippen LogP contribution >= 0.6 is 0 Å². The van der Waals surface area contributed by atoms with Gasteiger partial charge in [0.2, 0.25) is 5.91 Å². The summed E-state index contributed by atoms with van der Waals surface area (Å²) in [7, 11) is 0. The van der Waals surface area contributed by atoms with Gasteiger partial charge < -0.3 is 10.2 Å². The van der Waals surface area contributed by atoms with Crippen LogP contribution in [0.3, 0.4) is 0 Å². The van der Waals surface area contributed by atoms with Crippen LogP contribution in [0, 0.1) is 11.8 Å². The molecule has 0 aromatic heterocycles. The Hall–Kier alpha value is -1.35. The summed E-state index contributed by atoms with van der Waals surface area (Å²) in [5, 5.41) is 3.47.